The zero-order valence-electron chi connectivity index (χ0n) is 10.6. The summed E-state index contributed by atoms with van der Waals surface area (Å²) >= 11 is 0. The lowest BCUT2D eigenvalue weighted by Crippen LogP contribution is -2.32. The number of rotatable bonds is 2. The second-order valence-electron chi connectivity index (χ2n) is 4.76. The maximum absolute atomic E-state index is 10.3. The van der Waals surface area contributed by atoms with E-state index < -0.39 is 0 Å². The van der Waals surface area contributed by atoms with E-state index >= 15 is 0 Å². The standard InChI is InChI=1S/C13H17NO4/c1-3-16-12-6-14(2)5-9-8(12)4-11-10(13(9)15)7-17-18-11/h4,12,15H,3,5-7H2,1-2H3. The normalized spacial score (nSPS) is 22.4. The van der Waals surface area contributed by atoms with Crippen LogP contribution in [0.15, 0.2) is 6.07 Å². The monoisotopic (exact) mass is 251 g/mol. The molecular formula is C13H17NO4. The molecule has 1 atom stereocenters. The number of hydrogen-bond acceptors (Lipinski definition) is 5. The predicted octanol–water partition coefficient (Wildman–Crippen LogP) is 1.74. The molecule has 0 bridgehead atoms. The Morgan fingerprint density at radius 1 is 1.50 bits per heavy atom. The molecule has 2 aliphatic heterocycles. The maximum atomic E-state index is 10.3. The Morgan fingerprint density at radius 2 is 2.33 bits per heavy atom. The largest absolute Gasteiger partial charge is 0.507 e. The predicted molar refractivity (Wildman–Crippen MR) is 64.2 cm³/mol. The molecule has 0 saturated heterocycles. The number of aromatic hydroxyl groups is 1. The number of phenolic OH excluding ortho intramolecular Hbond substituents is 1. The van der Waals surface area contributed by atoms with Crippen LogP contribution in [0.1, 0.15) is 29.7 Å². The van der Waals surface area contributed by atoms with Gasteiger partial charge in [-0.05, 0) is 25.6 Å². The van der Waals surface area contributed by atoms with Gasteiger partial charge in [0.2, 0.25) is 0 Å². The van der Waals surface area contributed by atoms with Gasteiger partial charge in [0, 0.05) is 25.3 Å². The zero-order chi connectivity index (χ0) is 12.7. The van der Waals surface area contributed by atoms with Crippen LogP contribution in [-0.4, -0.2) is 30.2 Å². The molecule has 1 N–H and O–H groups in total. The van der Waals surface area contributed by atoms with Crippen molar-refractivity contribution >= 4 is 0 Å². The number of hydrogen-bond donors (Lipinski definition) is 1. The Labute approximate surface area is 106 Å². The van der Waals surface area contributed by atoms with Crippen LogP contribution in [0.25, 0.3) is 0 Å². The molecule has 5 nitrogen and oxygen atoms in total. The number of ether oxygens (including phenoxy) is 1. The van der Waals surface area contributed by atoms with Crippen LogP contribution in [0.2, 0.25) is 0 Å². The third kappa shape index (κ3) is 1.75. The van der Waals surface area contributed by atoms with E-state index in [2.05, 4.69) is 4.90 Å². The van der Waals surface area contributed by atoms with Crippen LogP contribution in [0.4, 0.5) is 0 Å². The average molecular weight is 251 g/mol. The molecule has 3 rings (SSSR count). The van der Waals surface area contributed by atoms with Gasteiger partial charge in [0.15, 0.2) is 5.75 Å². The maximum Gasteiger partial charge on any atom is 0.175 e. The molecular weight excluding hydrogens is 234 g/mol. The molecule has 1 aromatic carbocycles. The van der Waals surface area contributed by atoms with Crippen molar-refractivity contribution in [3.63, 3.8) is 0 Å². The molecule has 0 fully saturated rings. The first kappa shape index (κ1) is 11.8. The van der Waals surface area contributed by atoms with Gasteiger partial charge in [0.25, 0.3) is 0 Å². The second-order valence-corrected chi connectivity index (χ2v) is 4.76. The lowest BCUT2D eigenvalue weighted by Gasteiger charge is -2.32. The molecule has 0 radical (unpaired) electrons. The molecule has 0 aliphatic carbocycles. The molecule has 1 unspecified atom stereocenters. The van der Waals surface area contributed by atoms with Gasteiger partial charge in [0.05, 0.1) is 11.7 Å². The molecule has 0 amide bonds. The van der Waals surface area contributed by atoms with Crippen molar-refractivity contribution in [1.82, 2.24) is 4.90 Å². The first-order valence-electron chi connectivity index (χ1n) is 6.18. The molecule has 2 aliphatic rings. The fourth-order valence-corrected chi connectivity index (χ4v) is 2.63. The van der Waals surface area contributed by atoms with Crippen LogP contribution < -0.4 is 4.89 Å². The van der Waals surface area contributed by atoms with Crippen molar-refractivity contribution < 1.29 is 19.6 Å². The van der Waals surface area contributed by atoms with E-state index in [9.17, 15) is 5.11 Å². The molecule has 2 heterocycles. The topological polar surface area (TPSA) is 51.2 Å². The molecule has 5 heteroatoms. The van der Waals surface area contributed by atoms with E-state index in [1.807, 2.05) is 20.0 Å². The summed E-state index contributed by atoms with van der Waals surface area (Å²) in [7, 11) is 2.02. The molecule has 0 spiro atoms. The van der Waals surface area contributed by atoms with Crippen molar-refractivity contribution in [3.8, 4) is 11.5 Å². The van der Waals surface area contributed by atoms with Gasteiger partial charge >= 0.3 is 0 Å². The highest BCUT2D eigenvalue weighted by atomic mass is 17.2. The molecule has 0 saturated carbocycles. The van der Waals surface area contributed by atoms with E-state index in [1.165, 1.54) is 0 Å². The minimum atomic E-state index is -0.0239. The van der Waals surface area contributed by atoms with Crippen molar-refractivity contribution in [1.29, 1.82) is 0 Å². The van der Waals surface area contributed by atoms with Crippen LogP contribution >= 0.6 is 0 Å². The summed E-state index contributed by atoms with van der Waals surface area (Å²) < 4.78 is 5.75. The van der Waals surface area contributed by atoms with Crippen molar-refractivity contribution in [2.24, 2.45) is 0 Å². The Hall–Kier alpha value is -1.30. The number of likely N-dealkylation sites (N-methyl/N-ethyl adjacent to an activating group) is 1. The number of fused-ring (bicyclic) bond motifs is 2. The van der Waals surface area contributed by atoms with Crippen LogP contribution in [0.5, 0.6) is 11.5 Å². The highest BCUT2D eigenvalue weighted by Crippen LogP contribution is 2.43. The highest BCUT2D eigenvalue weighted by Gasteiger charge is 2.31. The summed E-state index contributed by atoms with van der Waals surface area (Å²) in [6.45, 7) is 4.46. The number of benzene rings is 1. The van der Waals surface area contributed by atoms with E-state index in [0.717, 1.165) is 29.8 Å². The van der Waals surface area contributed by atoms with E-state index in [4.69, 9.17) is 14.5 Å². The lowest BCUT2D eigenvalue weighted by molar-refractivity contribution is -0.194. The van der Waals surface area contributed by atoms with Crippen LogP contribution in [-0.2, 0) is 22.8 Å². The van der Waals surface area contributed by atoms with Gasteiger partial charge in [-0.3, -0.25) is 4.90 Å². The minimum absolute atomic E-state index is 0.0239. The van der Waals surface area contributed by atoms with Crippen LogP contribution in [0.3, 0.4) is 0 Å². The Balaban J connectivity index is 2.09. The molecule has 1 aromatic rings. The average Bonchev–Trinajstić information content (AvgIpc) is 2.80. The number of phenols is 1. The van der Waals surface area contributed by atoms with Gasteiger partial charge in [-0.25, -0.2) is 0 Å². The first-order valence-corrected chi connectivity index (χ1v) is 6.18. The third-order valence-corrected chi connectivity index (χ3v) is 3.48. The molecule has 18 heavy (non-hydrogen) atoms. The second kappa shape index (κ2) is 4.42. The lowest BCUT2D eigenvalue weighted by atomic mass is 9.93. The SMILES string of the molecule is CCOC1CN(C)Cc2c1cc1c(c2O)COO1. The minimum Gasteiger partial charge on any atom is -0.507 e. The van der Waals surface area contributed by atoms with Crippen molar-refractivity contribution in [2.45, 2.75) is 26.2 Å². The van der Waals surface area contributed by atoms with E-state index in [1.54, 1.807) is 0 Å². The van der Waals surface area contributed by atoms with Gasteiger partial charge < -0.3 is 14.7 Å². The fourth-order valence-electron chi connectivity index (χ4n) is 2.63. The number of nitrogens with zero attached hydrogens (tertiary/aromatic N) is 1. The quantitative estimate of drug-likeness (QED) is 0.811. The Bertz CT molecular complexity index is 475. The third-order valence-electron chi connectivity index (χ3n) is 3.48. The van der Waals surface area contributed by atoms with E-state index in [0.29, 0.717) is 19.0 Å². The van der Waals surface area contributed by atoms with Gasteiger partial charge in [-0.1, -0.05) is 0 Å². The fraction of sp³-hybridized carbons (Fsp3) is 0.538. The van der Waals surface area contributed by atoms with Gasteiger partial charge in [-0.2, -0.15) is 4.89 Å². The Morgan fingerprint density at radius 3 is 3.11 bits per heavy atom. The summed E-state index contributed by atoms with van der Waals surface area (Å²) in [6, 6.07) is 1.94. The van der Waals surface area contributed by atoms with E-state index in [-0.39, 0.29) is 11.9 Å². The Kier molecular flexibility index (Phi) is 2.89. The van der Waals surface area contributed by atoms with Crippen molar-refractivity contribution in [2.75, 3.05) is 20.2 Å². The summed E-state index contributed by atoms with van der Waals surface area (Å²) in [4.78, 5) is 12.1. The molecule has 0 aromatic heterocycles. The summed E-state index contributed by atoms with van der Waals surface area (Å²) in [5, 5.41) is 10.3. The smallest absolute Gasteiger partial charge is 0.175 e. The highest BCUT2D eigenvalue weighted by molar-refractivity contribution is 5.55. The van der Waals surface area contributed by atoms with Crippen molar-refractivity contribution in [3.05, 3.63) is 22.8 Å². The zero-order valence-corrected chi connectivity index (χ0v) is 10.6. The summed E-state index contributed by atoms with van der Waals surface area (Å²) in [5.74, 6) is 0.900. The van der Waals surface area contributed by atoms with Gasteiger partial charge in [0.1, 0.15) is 12.4 Å². The molecule has 98 valence electrons. The van der Waals surface area contributed by atoms with Crippen LogP contribution in [0, 0.1) is 0 Å². The summed E-state index contributed by atoms with van der Waals surface area (Å²) in [6.07, 6.45) is -0.0239. The summed E-state index contributed by atoms with van der Waals surface area (Å²) in [5.41, 5.74) is 2.67. The van der Waals surface area contributed by atoms with Gasteiger partial charge in [-0.15, -0.1) is 0 Å². The first-order chi connectivity index (χ1) is 8.70.